The lowest BCUT2D eigenvalue weighted by molar-refractivity contribution is -0.0661. The predicted molar refractivity (Wildman–Crippen MR) is 158 cm³/mol. The van der Waals surface area contributed by atoms with Crippen molar-refractivity contribution in [2.45, 2.75) is 105 Å². The number of aliphatic hydroxyl groups excluding tert-OH is 1. The number of aliphatic hydroxyl groups is 1. The van der Waals surface area contributed by atoms with E-state index in [-0.39, 0.29) is 5.41 Å². The molecule has 1 aromatic carbocycles. The zero-order valence-electron chi connectivity index (χ0n) is 24.8. The van der Waals surface area contributed by atoms with Crippen LogP contribution >= 0.6 is 0 Å². The topological polar surface area (TPSA) is 41.5 Å². The molecule has 8 atom stereocenters. The van der Waals surface area contributed by atoms with Gasteiger partial charge in [0.15, 0.2) is 0 Å². The van der Waals surface area contributed by atoms with Crippen LogP contribution in [0.5, 0.6) is 0 Å². The Morgan fingerprint density at radius 3 is 2.63 bits per heavy atom. The summed E-state index contributed by atoms with van der Waals surface area (Å²) in [6.45, 7) is 12.7. The first-order chi connectivity index (χ1) is 18.3. The van der Waals surface area contributed by atoms with Crippen molar-refractivity contribution in [3.05, 3.63) is 47.5 Å². The first kappa shape index (κ1) is 28.4. The van der Waals surface area contributed by atoms with Gasteiger partial charge in [-0.3, -0.25) is 0 Å². The average molecular weight is 522 g/mol. The zero-order valence-corrected chi connectivity index (χ0v) is 24.8. The number of rotatable bonds is 10. The Balaban J connectivity index is 1.22. The summed E-state index contributed by atoms with van der Waals surface area (Å²) >= 11 is 0. The van der Waals surface area contributed by atoms with E-state index in [2.05, 4.69) is 69.4 Å². The maximum absolute atomic E-state index is 11.0. The molecule has 1 aromatic rings. The summed E-state index contributed by atoms with van der Waals surface area (Å²) in [6, 6.07) is 10.6. The van der Waals surface area contributed by atoms with E-state index in [0.717, 1.165) is 37.5 Å². The summed E-state index contributed by atoms with van der Waals surface area (Å²) < 4.78 is 6.57. The van der Waals surface area contributed by atoms with Crippen LogP contribution in [-0.2, 0) is 11.3 Å². The highest BCUT2D eigenvalue weighted by Crippen LogP contribution is 2.64. The summed E-state index contributed by atoms with van der Waals surface area (Å²) in [7, 11) is 0. The van der Waals surface area contributed by atoms with Crippen molar-refractivity contribution in [2.24, 2.45) is 46.3 Å². The van der Waals surface area contributed by atoms with Gasteiger partial charge in [0.1, 0.15) is 0 Å². The summed E-state index contributed by atoms with van der Waals surface area (Å²) in [5.74, 6) is 4.35. The van der Waals surface area contributed by atoms with Crippen molar-refractivity contribution in [3.8, 4) is 0 Å². The van der Waals surface area contributed by atoms with Gasteiger partial charge in [0.2, 0.25) is 0 Å². The van der Waals surface area contributed by atoms with E-state index >= 15 is 0 Å². The minimum Gasteiger partial charge on any atom is -0.395 e. The van der Waals surface area contributed by atoms with Crippen LogP contribution in [0.3, 0.4) is 0 Å². The first-order valence-corrected chi connectivity index (χ1v) is 16.0. The quantitative estimate of drug-likeness (QED) is 0.244. The van der Waals surface area contributed by atoms with E-state index in [1.807, 2.05) is 0 Å². The van der Waals surface area contributed by atoms with Gasteiger partial charge in [-0.1, -0.05) is 76.1 Å². The normalized spacial score (nSPS) is 39.1. The van der Waals surface area contributed by atoms with Crippen LogP contribution < -0.4 is 5.32 Å². The molecule has 38 heavy (non-hydrogen) atoms. The SMILES string of the molecule is CC(C)CC1CCC2(C)C(CC=C3C2CCC(C2CCCC2OCCNCc2ccccc2)C3(C)CO)C1. The Hall–Kier alpha value is -1.16. The van der Waals surface area contributed by atoms with Crippen LogP contribution in [0.15, 0.2) is 42.0 Å². The van der Waals surface area contributed by atoms with Gasteiger partial charge >= 0.3 is 0 Å². The van der Waals surface area contributed by atoms with Crippen molar-refractivity contribution >= 4 is 0 Å². The number of allylic oxidation sites excluding steroid dienone is 1. The Labute approximate surface area is 233 Å². The molecule has 3 nitrogen and oxygen atoms in total. The Kier molecular flexibility index (Phi) is 9.07. The van der Waals surface area contributed by atoms with Gasteiger partial charge in [-0.05, 0) is 104 Å². The van der Waals surface area contributed by atoms with Crippen molar-refractivity contribution in [1.82, 2.24) is 5.32 Å². The summed E-state index contributed by atoms with van der Waals surface area (Å²) in [5.41, 5.74) is 3.29. The van der Waals surface area contributed by atoms with Crippen molar-refractivity contribution in [3.63, 3.8) is 0 Å². The summed E-state index contributed by atoms with van der Waals surface area (Å²) in [6.07, 6.45) is 16.1. The van der Waals surface area contributed by atoms with Gasteiger partial charge in [-0.2, -0.15) is 0 Å². The molecule has 0 radical (unpaired) electrons. The van der Waals surface area contributed by atoms with E-state index in [4.69, 9.17) is 4.74 Å². The van der Waals surface area contributed by atoms with Crippen LogP contribution in [0.1, 0.15) is 97.5 Å². The number of fused-ring (bicyclic) bond motifs is 3. The molecule has 2 N–H and O–H groups in total. The summed E-state index contributed by atoms with van der Waals surface area (Å²) in [4.78, 5) is 0. The molecule has 8 unspecified atom stereocenters. The van der Waals surface area contributed by atoms with E-state index < -0.39 is 0 Å². The van der Waals surface area contributed by atoms with Crippen molar-refractivity contribution in [2.75, 3.05) is 19.8 Å². The summed E-state index contributed by atoms with van der Waals surface area (Å²) in [5, 5.41) is 14.5. The van der Waals surface area contributed by atoms with Gasteiger partial charge < -0.3 is 15.2 Å². The zero-order chi connectivity index (χ0) is 26.8. The highest BCUT2D eigenvalue weighted by molar-refractivity contribution is 5.29. The average Bonchev–Trinajstić information content (AvgIpc) is 3.37. The molecule has 3 fully saturated rings. The molecule has 3 saturated carbocycles. The third kappa shape index (κ3) is 5.68. The molecule has 3 heteroatoms. The maximum atomic E-state index is 11.0. The minimum atomic E-state index is -0.0894. The van der Waals surface area contributed by atoms with Crippen LogP contribution in [0, 0.1) is 46.3 Å². The lowest BCUT2D eigenvalue weighted by atomic mass is 9.45. The molecule has 0 aromatic heterocycles. The molecular formula is C35H55NO2. The van der Waals surface area contributed by atoms with Crippen molar-refractivity contribution in [1.29, 1.82) is 0 Å². The van der Waals surface area contributed by atoms with E-state index in [1.54, 1.807) is 5.57 Å². The standard InChI is InChI=1S/C35H55NO2/c1-25(2)21-27-17-18-34(3)28(22-27)13-14-32-31(34)16-15-30(35(32,4)24-37)29-11-8-12-33(29)38-20-19-36-23-26-9-6-5-7-10-26/h5-7,9-10,14,25,27-31,33,36-37H,8,11-13,15-24H2,1-4H3. The minimum absolute atomic E-state index is 0.0894. The Bertz CT molecular complexity index is 927. The van der Waals surface area contributed by atoms with Crippen LogP contribution in [-0.4, -0.2) is 31.0 Å². The molecule has 5 rings (SSSR count). The molecule has 0 amide bonds. The number of ether oxygens (including phenoxy) is 1. The lowest BCUT2D eigenvalue weighted by Crippen LogP contribution is -2.53. The fraction of sp³-hybridized carbons (Fsp3) is 0.771. The third-order valence-electron chi connectivity index (χ3n) is 11.6. The molecule has 0 heterocycles. The lowest BCUT2D eigenvalue weighted by Gasteiger charge is -2.60. The molecular weight excluding hydrogens is 466 g/mol. The highest BCUT2D eigenvalue weighted by Gasteiger charge is 2.57. The second kappa shape index (κ2) is 12.1. The fourth-order valence-electron chi connectivity index (χ4n) is 9.60. The molecule has 0 bridgehead atoms. The van der Waals surface area contributed by atoms with Gasteiger partial charge in [-0.25, -0.2) is 0 Å². The molecule has 212 valence electrons. The third-order valence-corrected chi connectivity index (χ3v) is 11.6. The van der Waals surface area contributed by atoms with E-state index in [0.29, 0.717) is 35.9 Å². The fourth-order valence-corrected chi connectivity index (χ4v) is 9.60. The maximum Gasteiger partial charge on any atom is 0.0606 e. The number of benzene rings is 1. The largest absolute Gasteiger partial charge is 0.395 e. The second-order valence-corrected chi connectivity index (χ2v) is 14.3. The molecule has 4 aliphatic rings. The first-order valence-electron chi connectivity index (χ1n) is 16.0. The van der Waals surface area contributed by atoms with E-state index in [9.17, 15) is 5.11 Å². The smallest absolute Gasteiger partial charge is 0.0606 e. The van der Waals surface area contributed by atoms with Crippen molar-refractivity contribution < 1.29 is 9.84 Å². The molecule has 0 aliphatic heterocycles. The van der Waals surface area contributed by atoms with Crippen LogP contribution in [0.25, 0.3) is 0 Å². The monoisotopic (exact) mass is 521 g/mol. The highest BCUT2D eigenvalue weighted by atomic mass is 16.5. The molecule has 0 saturated heterocycles. The number of hydrogen-bond donors (Lipinski definition) is 2. The van der Waals surface area contributed by atoms with Gasteiger partial charge in [0, 0.05) is 18.5 Å². The van der Waals surface area contributed by atoms with Gasteiger partial charge in [-0.15, -0.1) is 0 Å². The van der Waals surface area contributed by atoms with Crippen LogP contribution in [0.4, 0.5) is 0 Å². The molecule has 4 aliphatic carbocycles. The molecule has 0 spiro atoms. The number of hydrogen-bond acceptors (Lipinski definition) is 3. The van der Waals surface area contributed by atoms with Gasteiger partial charge in [0.25, 0.3) is 0 Å². The van der Waals surface area contributed by atoms with Gasteiger partial charge in [0.05, 0.1) is 19.3 Å². The Morgan fingerprint density at radius 1 is 1.05 bits per heavy atom. The Morgan fingerprint density at radius 2 is 1.87 bits per heavy atom. The second-order valence-electron chi connectivity index (χ2n) is 14.3. The van der Waals surface area contributed by atoms with E-state index in [1.165, 1.54) is 69.8 Å². The predicted octanol–water partition coefficient (Wildman–Crippen LogP) is 7.79. The van der Waals surface area contributed by atoms with Crippen LogP contribution in [0.2, 0.25) is 0 Å². The number of nitrogens with one attached hydrogen (secondary N) is 1.